The highest BCUT2D eigenvalue weighted by molar-refractivity contribution is 5.85. The van der Waals surface area contributed by atoms with Crippen molar-refractivity contribution in [1.29, 1.82) is 0 Å². The number of cyclic esters (lactones) is 1. The van der Waals surface area contributed by atoms with Crippen LogP contribution in [0.1, 0.15) is 78.6 Å². The summed E-state index contributed by atoms with van der Waals surface area (Å²) in [7, 11) is 0. The van der Waals surface area contributed by atoms with Gasteiger partial charge in [0.05, 0.1) is 17.8 Å². The molecule has 2 aliphatic heterocycles. The number of fused-ring (bicyclic) bond motifs is 5. The van der Waals surface area contributed by atoms with Gasteiger partial charge in [-0.25, -0.2) is 4.79 Å². The first-order valence-electron chi connectivity index (χ1n) is 14.4. The van der Waals surface area contributed by atoms with Crippen molar-refractivity contribution < 1.29 is 39.4 Å². The van der Waals surface area contributed by atoms with Crippen LogP contribution in [0.4, 0.5) is 0 Å². The Morgan fingerprint density at radius 3 is 2.46 bits per heavy atom. The molecule has 8 heteroatoms. The monoisotopic (exact) mass is 520 g/mol. The van der Waals surface area contributed by atoms with Crippen molar-refractivity contribution in [3.63, 3.8) is 0 Å². The maximum Gasteiger partial charge on any atom is 0.331 e. The maximum absolute atomic E-state index is 12.4. The normalized spacial score (nSPS) is 55.6. The highest BCUT2D eigenvalue weighted by Crippen LogP contribution is 2.70. The third-order valence-corrected chi connectivity index (χ3v) is 12.1. The molecule has 6 rings (SSSR count). The third-order valence-electron chi connectivity index (χ3n) is 12.1. The summed E-state index contributed by atoms with van der Waals surface area (Å²) in [4.78, 5) is 11.8. The van der Waals surface area contributed by atoms with Crippen molar-refractivity contribution in [1.82, 2.24) is 0 Å². The van der Waals surface area contributed by atoms with Crippen LogP contribution in [0, 0.1) is 34.5 Å². The summed E-state index contributed by atoms with van der Waals surface area (Å²) in [5.74, 6) is 1.14. The van der Waals surface area contributed by atoms with E-state index in [2.05, 4.69) is 13.8 Å². The van der Waals surface area contributed by atoms with Gasteiger partial charge in [0, 0.05) is 11.5 Å². The standard InChI is InChI=1S/C29H44O8/c1-15-23(31)24(32)25(33)26(36-15)37-18-6-9-27(2)17(13-18)4-5-21-20(27)7-10-28(3)19(8-11-29(21,28)34)16-12-22(30)35-14-16/h12,15,17-21,23-26,31-34H,4-11,13-14H2,1-3H3/t15-,17+,18-,19+,20-,21+,23-,24?,25?,26-,27-,28+,29-/m0/s1. The molecule has 0 aromatic heterocycles. The molecule has 0 spiro atoms. The van der Waals surface area contributed by atoms with E-state index in [0.29, 0.717) is 18.4 Å². The predicted molar refractivity (Wildman–Crippen MR) is 133 cm³/mol. The minimum atomic E-state index is -1.28. The molecule has 0 radical (unpaired) electrons. The lowest BCUT2D eigenvalue weighted by Gasteiger charge is -2.64. The lowest BCUT2D eigenvalue weighted by Crippen LogP contribution is -2.62. The van der Waals surface area contributed by atoms with Crippen LogP contribution in [0.3, 0.4) is 0 Å². The van der Waals surface area contributed by atoms with E-state index in [1.54, 1.807) is 13.0 Å². The van der Waals surface area contributed by atoms with E-state index in [1.165, 1.54) is 0 Å². The number of ether oxygens (including phenoxy) is 3. The minimum absolute atomic E-state index is 0.0661. The second kappa shape index (κ2) is 9.00. The Morgan fingerprint density at radius 1 is 0.946 bits per heavy atom. The largest absolute Gasteiger partial charge is 0.458 e. The zero-order valence-corrected chi connectivity index (χ0v) is 22.3. The van der Waals surface area contributed by atoms with Crippen LogP contribution in [0.2, 0.25) is 0 Å². The molecule has 37 heavy (non-hydrogen) atoms. The molecule has 6 aliphatic rings. The first kappa shape index (κ1) is 26.2. The molecule has 8 nitrogen and oxygen atoms in total. The quantitative estimate of drug-likeness (QED) is 0.330. The Kier molecular flexibility index (Phi) is 6.37. The van der Waals surface area contributed by atoms with Gasteiger partial charge in [-0.05, 0) is 99.4 Å². The van der Waals surface area contributed by atoms with Crippen molar-refractivity contribution >= 4 is 5.97 Å². The zero-order chi connectivity index (χ0) is 26.3. The number of rotatable bonds is 3. The SMILES string of the molecule is C[C@@H]1O[C@@H](O[C@H]2CC[C@@]3(C)[C@H](CC[C@@H]4[C@@H]3CC[C@]3(C)[C@@H](C5=CC(=O)OC5)CC[C@]43O)C2)C(O)C(O)[C@H]1O. The van der Waals surface area contributed by atoms with Crippen LogP contribution in [0.5, 0.6) is 0 Å². The lowest BCUT2D eigenvalue weighted by atomic mass is 9.43. The predicted octanol–water partition coefficient (Wildman–Crippen LogP) is 2.46. The topological polar surface area (TPSA) is 126 Å². The second-order valence-corrected chi connectivity index (χ2v) is 13.5. The Balaban J connectivity index is 1.16. The van der Waals surface area contributed by atoms with Crippen molar-refractivity contribution in [2.45, 2.75) is 121 Å². The summed E-state index contributed by atoms with van der Waals surface area (Å²) in [5, 5.41) is 43.0. The summed E-state index contributed by atoms with van der Waals surface area (Å²) in [6.45, 7) is 6.73. The highest BCUT2D eigenvalue weighted by Gasteiger charge is 2.67. The fraction of sp³-hybridized carbons (Fsp3) is 0.897. The minimum Gasteiger partial charge on any atom is -0.458 e. The number of carbonyl (C=O) groups excluding carboxylic acids is 1. The van der Waals surface area contributed by atoms with Gasteiger partial charge in [-0.1, -0.05) is 13.8 Å². The van der Waals surface area contributed by atoms with Crippen LogP contribution in [-0.2, 0) is 19.0 Å². The van der Waals surface area contributed by atoms with Gasteiger partial charge in [0.2, 0.25) is 0 Å². The molecule has 1 saturated heterocycles. The van der Waals surface area contributed by atoms with Crippen LogP contribution >= 0.6 is 0 Å². The molecule has 4 N–H and O–H groups in total. The Labute approximate surface area is 219 Å². The van der Waals surface area contributed by atoms with Gasteiger partial charge in [0.1, 0.15) is 24.9 Å². The number of hydrogen-bond donors (Lipinski definition) is 4. The smallest absolute Gasteiger partial charge is 0.331 e. The molecule has 13 atom stereocenters. The summed E-state index contributed by atoms with van der Waals surface area (Å²) < 4.78 is 17.2. The molecule has 0 aromatic carbocycles. The van der Waals surface area contributed by atoms with Crippen LogP contribution in [-0.4, -0.2) is 75.4 Å². The van der Waals surface area contributed by atoms with Gasteiger partial charge in [-0.2, -0.15) is 0 Å². The second-order valence-electron chi connectivity index (χ2n) is 13.5. The van der Waals surface area contributed by atoms with Crippen LogP contribution in [0.15, 0.2) is 11.6 Å². The zero-order valence-electron chi connectivity index (χ0n) is 22.3. The summed E-state index contributed by atoms with van der Waals surface area (Å²) in [6, 6.07) is 0. The molecule has 0 bridgehead atoms. The Morgan fingerprint density at radius 2 is 1.73 bits per heavy atom. The Hall–Kier alpha value is -1.03. The van der Waals surface area contributed by atoms with Crippen LogP contribution in [0.25, 0.3) is 0 Å². The van der Waals surface area contributed by atoms with E-state index in [9.17, 15) is 25.2 Å². The molecule has 0 aromatic rings. The summed E-state index contributed by atoms with van der Waals surface area (Å²) >= 11 is 0. The number of aliphatic hydroxyl groups is 4. The van der Waals surface area contributed by atoms with Crippen LogP contribution < -0.4 is 0 Å². The molecule has 208 valence electrons. The van der Waals surface area contributed by atoms with E-state index in [0.717, 1.165) is 63.4 Å². The van der Waals surface area contributed by atoms with Gasteiger partial charge >= 0.3 is 5.97 Å². The summed E-state index contributed by atoms with van der Waals surface area (Å²) in [5.41, 5.74) is 0.243. The average Bonchev–Trinajstić information content (AvgIpc) is 3.41. The highest BCUT2D eigenvalue weighted by atomic mass is 16.7. The van der Waals surface area contributed by atoms with E-state index in [-0.39, 0.29) is 34.7 Å². The first-order chi connectivity index (χ1) is 17.5. The first-order valence-corrected chi connectivity index (χ1v) is 14.4. The van der Waals surface area contributed by atoms with Gasteiger partial charge in [-0.3, -0.25) is 0 Å². The molecule has 4 saturated carbocycles. The van der Waals surface area contributed by atoms with Crippen molar-refractivity contribution in [2.24, 2.45) is 34.5 Å². The molecular formula is C29H44O8. The number of carbonyl (C=O) groups is 1. The average molecular weight is 521 g/mol. The van der Waals surface area contributed by atoms with Crippen molar-refractivity contribution in [3.8, 4) is 0 Å². The van der Waals surface area contributed by atoms with Gasteiger partial charge < -0.3 is 34.6 Å². The third kappa shape index (κ3) is 3.80. The van der Waals surface area contributed by atoms with Crippen molar-refractivity contribution in [2.75, 3.05) is 6.61 Å². The molecule has 2 unspecified atom stereocenters. The maximum atomic E-state index is 12.4. The van der Waals surface area contributed by atoms with E-state index in [1.807, 2.05) is 0 Å². The fourth-order valence-electron chi connectivity index (χ4n) is 9.81. The molecular weight excluding hydrogens is 476 g/mol. The molecule has 0 amide bonds. The number of hydrogen-bond acceptors (Lipinski definition) is 8. The lowest BCUT2D eigenvalue weighted by molar-refractivity contribution is -0.310. The van der Waals surface area contributed by atoms with E-state index in [4.69, 9.17) is 14.2 Å². The molecule has 5 fully saturated rings. The van der Waals surface area contributed by atoms with Crippen molar-refractivity contribution in [3.05, 3.63) is 11.6 Å². The Bertz CT molecular complexity index is 952. The fourth-order valence-corrected chi connectivity index (χ4v) is 9.81. The molecule has 2 heterocycles. The summed E-state index contributed by atoms with van der Waals surface area (Å²) in [6.07, 6.45) is 4.88. The van der Waals surface area contributed by atoms with E-state index < -0.39 is 36.3 Å². The molecule has 4 aliphatic carbocycles. The van der Waals surface area contributed by atoms with E-state index >= 15 is 0 Å². The van der Waals surface area contributed by atoms with Gasteiger partial charge in [-0.15, -0.1) is 0 Å². The number of aliphatic hydroxyl groups excluding tert-OH is 3. The number of esters is 1. The van der Waals surface area contributed by atoms with Gasteiger partial charge in [0.25, 0.3) is 0 Å². The van der Waals surface area contributed by atoms with Gasteiger partial charge in [0.15, 0.2) is 6.29 Å².